The van der Waals surface area contributed by atoms with E-state index in [0.717, 1.165) is 10.0 Å². The van der Waals surface area contributed by atoms with E-state index in [1.807, 2.05) is 35.6 Å². The number of alkyl halides is 1. The number of hydrogen-bond acceptors (Lipinski definition) is 3. The second-order valence-electron chi connectivity index (χ2n) is 3.66. The predicted octanol–water partition coefficient (Wildman–Crippen LogP) is 2.46. The van der Waals surface area contributed by atoms with Gasteiger partial charge in [0.25, 0.3) is 5.91 Å². The minimum Gasteiger partial charge on any atom is -0.468 e. The molecule has 98 valence electrons. The Balaban J connectivity index is 2.60. The van der Waals surface area contributed by atoms with E-state index in [2.05, 4.69) is 26.0 Å². The number of aryl methyl sites for hydroxylation is 1. The van der Waals surface area contributed by atoms with Crippen LogP contribution in [0.25, 0.3) is 0 Å². The molecule has 4 nitrogen and oxygen atoms in total. The predicted molar refractivity (Wildman–Crippen MR) is 81.0 cm³/mol. The molecule has 18 heavy (non-hydrogen) atoms. The van der Waals surface area contributed by atoms with Crippen molar-refractivity contribution in [3.63, 3.8) is 0 Å². The van der Waals surface area contributed by atoms with Crippen molar-refractivity contribution in [3.8, 4) is 0 Å². The van der Waals surface area contributed by atoms with Crippen molar-refractivity contribution >= 4 is 50.4 Å². The number of amides is 1. The highest BCUT2D eigenvalue weighted by molar-refractivity contribution is 14.1. The lowest BCUT2D eigenvalue weighted by atomic mass is 10.1. The molecule has 0 aliphatic rings. The van der Waals surface area contributed by atoms with Crippen molar-refractivity contribution in [3.05, 3.63) is 33.8 Å². The maximum Gasteiger partial charge on any atom is 0.320 e. The molecule has 1 amide bonds. The van der Waals surface area contributed by atoms with Gasteiger partial charge in [-0.3, -0.25) is 9.59 Å². The van der Waals surface area contributed by atoms with Crippen LogP contribution in [-0.4, -0.2) is 29.5 Å². The van der Waals surface area contributed by atoms with Crippen LogP contribution in [0.2, 0.25) is 0 Å². The summed E-state index contributed by atoms with van der Waals surface area (Å²) >= 11 is 5.31. The monoisotopic (exact) mass is 425 g/mol. The fourth-order valence-electron chi connectivity index (χ4n) is 1.23. The second kappa shape index (κ2) is 7.08. The highest BCUT2D eigenvalue weighted by atomic mass is 127. The first kappa shape index (κ1) is 15.4. The third kappa shape index (κ3) is 4.24. The van der Waals surface area contributed by atoms with Crippen LogP contribution < -0.4 is 5.32 Å². The van der Waals surface area contributed by atoms with Crippen molar-refractivity contribution < 1.29 is 14.3 Å². The van der Waals surface area contributed by atoms with Crippen LogP contribution in [-0.2, 0) is 9.53 Å². The Bertz CT molecular complexity index is 465. The van der Waals surface area contributed by atoms with Gasteiger partial charge in [-0.2, -0.15) is 0 Å². The number of halogens is 2. The summed E-state index contributed by atoms with van der Waals surface area (Å²) < 4.78 is 5.08. The van der Waals surface area contributed by atoms with Crippen LogP contribution in [0.15, 0.2) is 22.7 Å². The molecule has 0 aromatic heterocycles. The van der Waals surface area contributed by atoms with E-state index in [4.69, 9.17) is 0 Å². The summed E-state index contributed by atoms with van der Waals surface area (Å²) in [6, 6.07) is 5.36. The molecule has 1 unspecified atom stereocenters. The summed E-state index contributed by atoms with van der Waals surface area (Å²) in [5, 5.41) is 2.69. The molecule has 0 bridgehead atoms. The minimum absolute atomic E-state index is 0.207. The second-order valence-corrected chi connectivity index (χ2v) is 6.02. The molecular weight excluding hydrogens is 413 g/mol. The largest absolute Gasteiger partial charge is 0.468 e. The Labute approximate surface area is 128 Å². The molecule has 6 heteroatoms. The Kier molecular flexibility index (Phi) is 6.07. The van der Waals surface area contributed by atoms with Crippen LogP contribution in [0, 0.1) is 6.92 Å². The number of hydrogen-bond donors (Lipinski definition) is 1. The molecular formula is C12H13BrINO3. The van der Waals surface area contributed by atoms with Crippen molar-refractivity contribution in [1.29, 1.82) is 0 Å². The van der Waals surface area contributed by atoms with Gasteiger partial charge in [0, 0.05) is 16.6 Å². The molecule has 0 spiro atoms. The van der Waals surface area contributed by atoms with Gasteiger partial charge in [-0.15, -0.1) is 0 Å². The highest BCUT2D eigenvalue weighted by Gasteiger charge is 2.16. The molecule has 0 saturated heterocycles. The standard InChI is InChI=1S/C12H13BrINO3/c1-7-3-4-8(5-9(7)13)11(16)15-6-10(14)12(17)18-2/h3-5,10H,6H2,1-2H3,(H,15,16). The van der Waals surface area contributed by atoms with Gasteiger partial charge >= 0.3 is 5.97 Å². The molecule has 0 fully saturated rings. The SMILES string of the molecule is COC(=O)C(I)CNC(=O)c1ccc(C)c(Br)c1. The smallest absolute Gasteiger partial charge is 0.320 e. The average Bonchev–Trinajstić information content (AvgIpc) is 2.37. The van der Waals surface area contributed by atoms with Gasteiger partial charge in [0.05, 0.1) is 7.11 Å². The summed E-state index contributed by atoms with van der Waals surface area (Å²) in [4.78, 5) is 23.0. The first-order chi connectivity index (χ1) is 8.45. The van der Waals surface area contributed by atoms with Crippen LogP contribution in [0.1, 0.15) is 15.9 Å². The highest BCUT2D eigenvalue weighted by Crippen LogP contribution is 2.17. The first-order valence-electron chi connectivity index (χ1n) is 5.22. The molecule has 0 aliphatic carbocycles. The van der Waals surface area contributed by atoms with Crippen molar-refractivity contribution in [1.82, 2.24) is 5.32 Å². The lowest BCUT2D eigenvalue weighted by Gasteiger charge is -2.10. The van der Waals surface area contributed by atoms with Gasteiger partial charge in [0.1, 0.15) is 3.92 Å². The van der Waals surface area contributed by atoms with E-state index >= 15 is 0 Å². The Hall–Kier alpha value is -0.630. The molecule has 1 N–H and O–H groups in total. The van der Waals surface area contributed by atoms with Gasteiger partial charge < -0.3 is 10.1 Å². The van der Waals surface area contributed by atoms with Crippen molar-refractivity contribution in [2.75, 3.05) is 13.7 Å². The van der Waals surface area contributed by atoms with Gasteiger partial charge in [0.15, 0.2) is 0 Å². The minimum atomic E-state index is -0.384. The van der Waals surface area contributed by atoms with Crippen LogP contribution in [0.3, 0.4) is 0 Å². The summed E-state index contributed by atoms with van der Waals surface area (Å²) in [5.74, 6) is -0.553. The Morgan fingerprint density at radius 1 is 1.50 bits per heavy atom. The zero-order chi connectivity index (χ0) is 13.7. The van der Waals surface area contributed by atoms with E-state index in [9.17, 15) is 9.59 Å². The fourth-order valence-corrected chi connectivity index (χ4v) is 2.08. The summed E-state index contributed by atoms with van der Waals surface area (Å²) in [5.41, 5.74) is 1.62. The van der Waals surface area contributed by atoms with E-state index in [0.29, 0.717) is 5.56 Å². The molecule has 0 radical (unpaired) electrons. The van der Waals surface area contributed by atoms with Crippen LogP contribution >= 0.6 is 38.5 Å². The number of nitrogens with one attached hydrogen (secondary N) is 1. The maximum absolute atomic E-state index is 11.8. The van der Waals surface area contributed by atoms with E-state index in [1.54, 1.807) is 12.1 Å². The molecule has 0 saturated carbocycles. The average molecular weight is 426 g/mol. The number of methoxy groups -OCH3 is 1. The van der Waals surface area contributed by atoms with Gasteiger partial charge in [-0.05, 0) is 24.6 Å². The number of rotatable bonds is 4. The number of carbonyl (C=O) groups excluding carboxylic acids is 2. The van der Waals surface area contributed by atoms with Crippen molar-refractivity contribution in [2.45, 2.75) is 10.8 Å². The van der Waals surface area contributed by atoms with Gasteiger partial charge in [0.2, 0.25) is 0 Å². The lowest BCUT2D eigenvalue weighted by molar-refractivity contribution is -0.139. The molecule has 0 heterocycles. The number of carbonyl (C=O) groups is 2. The summed E-state index contributed by atoms with van der Waals surface area (Å²) in [6.07, 6.45) is 0. The molecule has 1 rings (SSSR count). The Morgan fingerprint density at radius 2 is 2.17 bits per heavy atom. The van der Waals surface area contributed by atoms with E-state index < -0.39 is 0 Å². The number of esters is 1. The van der Waals surface area contributed by atoms with Crippen LogP contribution in [0.5, 0.6) is 0 Å². The van der Waals surface area contributed by atoms with Crippen LogP contribution in [0.4, 0.5) is 0 Å². The first-order valence-corrected chi connectivity index (χ1v) is 7.25. The van der Waals surface area contributed by atoms with Gasteiger partial charge in [-0.25, -0.2) is 0 Å². The summed E-state index contributed by atoms with van der Waals surface area (Å²) in [7, 11) is 1.33. The normalized spacial score (nSPS) is 11.8. The number of benzene rings is 1. The van der Waals surface area contributed by atoms with E-state index in [-0.39, 0.29) is 22.3 Å². The number of ether oxygens (including phenoxy) is 1. The molecule has 1 aromatic carbocycles. The molecule has 1 atom stereocenters. The molecule has 0 aliphatic heterocycles. The zero-order valence-electron chi connectivity index (χ0n) is 10.00. The topological polar surface area (TPSA) is 55.4 Å². The fraction of sp³-hybridized carbons (Fsp3) is 0.333. The third-order valence-corrected chi connectivity index (χ3v) is 4.14. The Morgan fingerprint density at radius 3 is 2.72 bits per heavy atom. The third-order valence-electron chi connectivity index (χ3n) is 2.33. The van der Waals surface area contributed by atoms with Crippen molar-refractivity contribution in [2.24, 2.45) is 0 Å². The quantitative estimate of drug-likeness (QED) is 0.458. The molecule has 1 aromatic rings. The van der Waals surface area contributed by atoms with E-state index in [1.165, 1.54) is 7.11 Å². The summed E-state index contributed by atoms with van der Waals surface area (Å²) in [6.45, 7) is 2.20. The van der Waals surface area contributed by atoms with Gasteiger partial charge in [-0.1, -0.05) is 44.6 Å². The maximum atomic E-state index is 11.8. The zero-order valence-corrected chi connectivity index (χ0v) is 13.7. The lowest BCUT2D eigenvalue weighted by Crippen LogP contribution is -2.33.